The molecule has 4 nitrogen and oxygen atoms in total. The van der Waals surface area contributed by atoms with Crippen molar-refractivity contribution in [2.24, 2.45) is 5.41 Å². The molecular formula is C16H26ClFN4S. The topological polar surface area (TPSA) is 51.1 Å². The molecule has 3 fully saturated rings. The quantitative estimate of drug-likeness (QED) is 0.737. The minimum absolute atomic E-state index is 0.00481. The molecule has 3 aliphatic rings. The lowest BCUT2D eigenvalue weighted by Gasteiger charge is -2.47. The second-order valence-electron chi connectivity index (χ2n) is 7.83. The fraction of sp³-hybridized carbons (Fsp3) is 0.938. The first-order chi connectivity index (χ1) is 10.8. The molecule has 1 saturated carbocycles. The summed E-state index contributed by atoms with van der Waals surface area (Å²) < 4.78 is 14.8. The first-order valence-corrected chi connectivity index (χ1v) is 9.73. The second kappa shape index (κ2) is 6.68. The monoisotopic (exact) mass is 360 g/mol. The van der Waals surface area contributed by atoms with E-state index in [1.54, 1.807) is 0 Å². The van der Waals surface area contributed by atoms with Gasteiger partial charge < -0.3 is 10.2 Å². The number of thioether (sulfide) groups is 1. The zero-order valence-electron chi connectivity index (χ0n) is 13.9. The number of hydrogen-bond acceptors (Lipinski definition) is 5. The van der Waals surface area contributed by atoms with Gasteiger partial charge in [-0.05, 0) is 31.8 Å². The zero-order chi connectivity index (χ0) is 16.8. The van der Waals surface area contributed by atoms with Gasteiger partial charge in [-0.3, -0.25) is 5.32 Å². The van der Waals surface area contributed by atoms with Crippen LogP contribution in [0.1, 0.15) is 26.7 Å². The van der Waals surface area contributed by atoms with Crippen molar-refractivity contribution in [3.05, 3.63) is 0 Å². The van der Waals surface area contributed by atoms with E-state index in [1.165, 1.54) is 11.8 Å². The van der Waals surface area contributed by atoms with E-state index >= 15 is 0 Å². The van der Waals surface area contributed by atoms with E-state index in [1.807, 2.05) is 0 Å². The molecule has 130 valence electrons. The lowest BCUT2D eigenvalue weighted by molar-refractivity contribution is 0.0689. The second-order valence-corrected chi connectivity index (χ2v) is 9.69. The molecule has 2 N–H and O–H groups in total. The number of piperidine rings is 1. The number of rotatable bonds is 2. The lowest BCUT2D eigenvalue weighted by Crippen LogP contribution is -2.64. The summed E-state index contributed by atoms with van der Waals surface area (Å²) >= 11 is 8.16. The van der Waals surface area contributed by atoms with Crippen LogP contribution in [0.2, 0.25) is 0 Å². The molecule has 0 radical (unpaired) electrons. The highest BCUT2D eigenvalue weighted by Gasteiger charge is 2.50. The number of nitrogens with zero attached hydrogens (tertiary/aromatic N) is 2. The maximum atomic E-state index is 14.8. The number of fused-ring (bicyclic) bond motifs is 1. The van der Waals surface area contributed by atoms with E-state index in [4.69, 9.17) is 16.9 Å². The fourth-order valence-electron chi connectivity index (χ4n) is 4.30. The number of hydrogen-bond donors (Lipinski definition) is 2. The maximum absolute atomic E-state index is 14.8. The Hall–Kier alpha value is -0.0600. The van der Waals surface area contributed by atoms with Gasteiger partial charge in [0.2, 0.25) is 0 Å². The highest BCUT2D eigenvalue weighted by Crippen LogP contribution is 2.41. The van der Waals surface area contributed by atoms with Crippen LogP contribution in [0.25, 0.3) is 0 Å². The standard InChI is InChI=1S/C16H26ClFN4S/c1-16(2)8-22(3)5-4-11(16)20-14-9(18)6-10-15(13(14)17)21-12(7-19)23-10/h9-15,20-21H,4-6,8H2,1-3H3. The van der Waals surface area contributed by atoms with Gasteiger partial charge in [-0.2, -0.15) is 5.26 Å². The van der Waals surface area contributed by atoms with Crippen molar-refractivity contribution < 1.29 is 4.39 Å². The summed E-state index contributed by atoms with van der Waals surface area (Å²) in [6.45, 7) is 6.49. The highest BCUT2D eigenvalue weighted by molar-refractivity contribution is 8.01. The Kier molecular flexibility index (Phi) is 5.16. The van der Waals surface area contributed by atoms with E-state index in [9.17, 15) is 4.39 Å². The lowest BCUT2D eigenvalue weighted by atomic mass is 9.77. The molecule has 2 heterocycles. The smallest absolute Gasteiger partial charge is 0.143 e. The van der Waals surface area contributed by atoms with Crippen LogP contribution in [-0.2, 0) is 0 Å². The molecule has 0 amide bonds. The summed E-state index contributed by atoms with van der Waals surface area (Å²) in [5.41, 5.74) is 0.0905. The SMILES string of the molecule is CN1CCC(NC2C(F)CC3SC(C#N)NC3C2Cl)C(C)(C)C1. The molecular weight excluding hydrogens is 335 g/mol. The number of halogens is 2. The van der Waals surface area contributed by atoms with Gasteiger partial charge in [0.1, 0.15) is 11.5 Å². The van der Waals surface area contributed by atoms with Crippen molar-refractivity contribution in [3.8, 4) is 6.07 Å². The molecule has 2 aliphatic heterocycles. The predicted molar refractivity (Wildman–Crippen MR) is 93.5 cm³/mol. The van der Waals surface area contributed by atoms with E-state index in [0.29, 0.717) is 6.42 Å². The molecule has 0 aromatic heterocycles. The number of likely N-dealkylation sites (tertiary alicyclic amines) is 1. The summed E-state index contributed by atoms with van der Waals surface area (Å²) in [6.07, 6.45) is 0.517. The van der Waals surface area contributed by atoms with Gasteiger partial charge >= 0.3 is 0 Å². The largest absolute Gasteiger partial charge is 0.306 e. The molecule has 3 rings (SSSR count). The average Bonchev–Trinajstić information content (AvgIpc) is 2.87. The first kappa shape index (κ1) is 17.8. The van der Waals surface area contributed by atoms with Gasteiger partial charge in [0.15, 0.2) is 0 Å². The number of nitrogens with one attached hydrogen (secondary N) is 2. The molecule has 1 aliphatic carbocycles. The van der Waals surface area contributed by atoms with Crippen molar-refractivity contribution in [2.75, 3.05) is 20.1 Å². The van der Waals surface area contributed by atoms with E-state index in [0.717, 1.165) is 19.5 Å². The van der Waals surface area contributed by atoms with E-state index < -0.39 is 6.17 Å². The molecule has 0 aromatic carbocycles. The van der Waals surface area contributed by atoms with Crippen LogP contribution in [-0.4, -0.2) is 65.3 Å². The van der Waals surface area contributed by atoms with E-state index in [-0.39, 0.29) is 39.5 Å². The summed E-state index contributed by atoms with van der Waals surface area (Å²) in [7, 11) is 2.13. The average molecular weight is 361 g/mol. The molecule has 7 heteroatoms. The van der Waals surface area contributed by atoms with E-state index in [2.05, 4.69) is 42.5 Å². The Morgan fingerprint density at radius 3 is 2.87 bits per heavy atom. The minimum atomic E-state index is -0.957. The molecule has 0 bridgehead atoms. The third kappa shape index (κ3) is 3.50. The summed E-state index contributed by atoms with van der Waals surface area (Å²) in [5, 5.41) is 15.4. The van der Waals surface area contributed by atoms with Crippen LogP contribution in [0.15, 0.2) is 0 Å². The van der Waals surface area contributed by atoms with Crippen molar-refractivity contribution in [2.45, 2.75) is 67.0 Å². The Labute approximate surface area is 147 Å². The van der Waals surface area contributed by atoms with Crippen LogP contribution in [0.4, 0.5) is 4.39 Å². The van der Waals surface area contributed by atoms with Crippen molar-refractivity contribution in [3.63, 3.8) is 0 Å². The van der Waals surface area contributed by atoms with Gasteiger partial charge in [-0.25, -0.2) is 4.39 Å². The van der Waals surface area contributed by atoms with Crippen LogP contribution in [0.3, 0.4) is 0 Å². The Morgan fingerprint density at radius 2 is 2.22 bits per heavy atom. The first-order valence-electron chi connectivity index (χ1n) is 8.35. The molecule has 7 unspecified atom stereocenters. The van der Waals surface area contributed by atoms with Crippen molar-refractivity contribution in [1.29, 1.82) is 5.26 Å². The van der Waals surface area contributed by atoms with Crippen LogP contribution in [0.5, 0.6) is 0 Å². The van der Waals surface area contributed by atoms with Gasteiger partial charge in [-0.1, -0.05) is 13.8 Å². The van der Waals surface area contributed by atoms with Gasteiger partial charge in [-0.15, -0.1) is 23.4 Å². The summed E-state index contributed by atoms with van der Waals surface area (Å²) in [4.78, 5) is 2.33. The minimum Gasteiger partial charge on any atom is -0.306 e. The highest BCUT2D eigenvalue weighted by atomic mass is 35.5. The summed E-state index contributed by atoms with van der Waals surface area (Å²) in [6, 6.07) is 2.13. The van der Waals surface area contributed by atoms with Gasteiger partial charge in [0.25, 0.3) is 0 Å². The third-order valence-corrected chi connectivity index (χ3v) is 7.41. The molecule has 7 atom stereocenters. The Bertz CT molecular complexity index is 485. The molecule has 0 aromatic rings. The number of alkyl halides is 2. The normalized spacial score (nSPS) is 47.0. The van der Waals surface area contributed by atoms with Crippen LogP contribution in [0, 0.1) is 16.7 Å². The number of nitriles is 1. The van der Waals surface area contributed by atoms with Crippen LogP contribution < -0.4 is 10.6 Å². The fourth-order valence-corrected chi connectivity index (χ4v) is 6.23. The van der Waals surface area contributed by atoms with Crippen molar-refractivity contribution in [1.82, 2.24) is 15.5 Å². The maximum Gasteiger partial charge on any atom is 0.143 e. The predicted octanol–water partition coefficient (Wildman–Crippen LogP) is 1.95. The van der Waals surface area contributed by atoms with Crippen LogP contribution >= 0.6 is 23.4 Å². The molecule has 23 heavy (non-hydrogen) atoms. The third-order valence-electron chi connectivity index (χ3n) is 5.52. The Balaban J connectivity index is 1.69. The summed E-state index contributed by atoms with van der Waals surface area (Å²) in [5.74, 6) is 0. The molecule has 0 spiro atoms. The van der Waals surface area contributed by atoms with Gasteiger partial charge in [0.05, 0.1) is 17.5 Å². The van der Waals surface area contributed by atoms with Crippen molar-refractivity contribution >= 4 is 23.4 Å². The molecule has 2 saturated heterocycles. The van der Waals surface area contributed by atoms with Gasteiger partial charge in [0, 0.05) is 23.9 Å². The Morgan fingerprint density at radius 1 is 1.48 bits per heavy atom. The zero-order valence-corrected chi connectivity index (χ0v) is 15.5.